The normalized spacial score (nSPS) is 26.5. The van der Waals surface area contributed by atoms with E-state index in [2.05, 4.69) is 13.8 Å². The number of hydrogen-bond donors (Lipinski definition) is 0. The lowest BCUT2D eigenvalue weighted by Crippen LogP contribution is -2.60. The number of carbonyl (C=O) groups is 1. The topological polar surface area (TPSA) is 29.5 Å². The molecule has 2 aliphatic heterocycles. The molecule has 2 saturated heterocycles. The van der Waals surface area contributed by atoms with E-state index in [1.165, 1.54) is 0 Å². The largest absolute Gasteiger partial charge is 0.379 e. The molecule has 0 radical (unpaired) electrons. The molecule has 0 aromatic heterocycles. The summed E-state index contributed by atoms with van der Waals surface area (Å²) in [6.07, 6.45) is 0.913. The Morgan fingerprint density at radius 2 is 2.15 bits per heavy atom. The molecular formula is C10H17NO2. The zero-order valence-corrected chi connectivity index (χ0v) is 8.38. The first-order chi connectivity index (χ1) is 6.18. The molecule has 13 heavy (non-hydrogen) atoms. The number of nitrogens with zero attached hydrogens (tertiary/aromatic N) is 1. The lowest BCUT2D eigenvalue weighted by Gasteiger charge is -2.47. The second-order valence-corrected chi connectivity index (χ2v) is 4.44. The first-order valence-corrected chi connectivity index (χ1v) is 5.05. The van der Waals surface area contributed by atoms with Gasteiger partial charge in [0.25, 0.3) is 0 Å². The van der Waals surface area contributed by atoms with Gasteiger partial charge in [0.05, 0.1) is 18.6 Å². The molecule has 2 aliphatic rings. The molecule has 3 nitrogen and oxygen atoms in total. The van der Waals surface area contributed by atoms with Crippen LogP contribution in [0.25, 0.3) is 0 Å². The monoisotopic (exact) mass is 183 g/mol. The second-order valence-electron chi connectivity index (χ2n) is 4.44. The van der Waals surface area contributed by atoms with E-state index in [4.69, 9.17) is 4.74 Å². The highest BCUT2D eigenvalue weighted by atomic mass is 16.5. The van der Waals surface area contributed by atoms with Gasteiger partial charge in [0, 0.05) is 13.1 Å². The minimum Gasteiger partial charge on any atom is -0.379 e. The zero-order valence-electron chi connectivity index (χ0n) is 8.38. The Kier molecular flexibility index (Phi) is 2.06. The summed E-state index contributed by atoms with van der Waals surface area (Å²) >= 11 is 0. The first-order valence-electron chi connectivity index (χ1n) is 5.05. The fourth-order valence-electron chi connectivity index (χ4n) is 2.03. The molecule has 0 bridgehead atoms. The summed E-state index contributed by atoms with van der Waals surface area (Å²) in [6.45, 7) is 7.41. The van der Waals surface area contributed by atoms with Crippen LogP contribution in [-0.4, -0.2) is 37.1 Å². The first kappa shape index (κ1) is 9.00. The molecule has 0 N–H and O–H groups in total. The van der Waals surface area contributed by atoms with E-state index in [1.54, 1.807) is 0 Å². The van der Waals surface area contributed by atoms with Crippen LogP contribution < -0.4 is 0 Å². The van der Waals surface area contributed by atoms with E-state index in [9.17, 15) is 4.79 Å². The Balaban J connectivity index is 1.96. The molecule has 2 heterocycles. The van der Waals surface area contributed by atoms with Crippen LogP contribution in [-0.2, 0) is 9.53 Å². The summed E-state index contributed by atoms with van der Waals surface area (Å²) in [7, 11) is 0. The van der Waals surface area contributed by atoms with Gasteiger partial charge in [-0.15, -0.1) is 0 Å². The van der Waals surface area contributed by atoms with Crippen LogP contribution in [0.4, 0.5) is 0 Å². The molecule has 0 aromatic rings. The van der Waals surface area contributed by atoms with Crippen LogP contribution in [0.5, 0.6) is 0 Å². The third kappa shape index (κ3) is 1.26. The van der Waals surface area contributed by atoms with E-state index in [0.29, 0.717) is 25.0 Å². The van der Waals surface area contributed by atoms with Gasteiger partial charge in [-0.1, -0.05) is 13.8 Å². The molecule has 0 aromatic carbocycles. The fourth-order valence-corrected chi connectivity index (χ4v) is 2.03. The van der Waals surface area contributed by atoms with Gasteiger partial charge in [-0.25, -0.2) is 0 Å². The lowest BCUT2D eigenvalue weighted by molar-refractivity contribution is -0.178. The summed E-state index contributed by atoms with van der Waals surface area (Å²) in [4.78, 5) is 13.9. The predicted octanol–water partition coefficient (Wildman–Crippen LogP) is 0.891. The van der Waals surface area contributed by atoms with Crippen molar-refractivity contribution in [2.75, 3.05) is 26.3 Å². The Labute approximate surface area is 79.0 Å². The smallest absolute Gasteiger partial charge is 0.233 e. The summed E-state index contributed by atoms with van der Waals surface area (Å²) < 4.78 is 5.15. The minimum atomic E-state index is -0.153. The quantitative estimate of drug-likeness (QED) is 0.636. The molecule has 2 fully saturated rings. The van der Waals surface area contributed by atoms with Crippen molar-refractivity contribution in [3.05, 3.63) is 0 Å². The van der Waals surface area contributed by atoms with Gasteiger partial charge in [0.2, 0.25) is 5.91 Å². The third-order valence-electron chi connectivity index (χ3n) is 3.24. The highest BCUT2D eigenvalue weighted by Crippen LogP contribution is 2.35. The summed E-state index contributed by atoms with van der Waals surface area (Å²) in [5.41, 5.74) is -0.153. The molecule has 2 rings (SSSR count). The average molecular weight is 183 g/mol. The number of hydrogen-bond acceptors (Lipinski definition) is 2. The maximum Gasteiger partial charge on any atom is 0.233 e. The van der Waals surface area contributed by atoms with Crippen LogP contribution in [0, 0.1) is 11.3 Å². The molecule has 74 valence electrons. The molecule has 0 saturated carbocycles. The van der Waals surface area contributed by atoms with Crippen molar-refractivity contribution in [3.63, 3.8) is 0 Å². The number of ether oxygens (including phenoxy) is 1. The van der Waals surface area contributed by atoms with Crippen molar-refractivity contribution in [1.82, 2.24) is 4.90 Å². The SMILES string of the molecule is CCC1(C(=O)N2CC(C)C2)COC1. The Bertz CT molecular complexity index is 211. The molecule has 0 unspecified atom stereocenters. The summed E-state index contributed by atoms with van der Waals surface area (Å²) in [6, 6.07) is 0. The van der Waals surface area contributed by atoms with Crippen molar-refractivity contribution < 1.29 is 9.53 Å². The number of likely N-dealkylation sites (tertiary alicyclic amines) is 1. The van der Waals surface area contributed by atoms with Crippen LogP contribution in [0.3, 0.4) is 0 Å². The van der Waals surface area contributed by atoms with Crippen LogP contribution in [0.15, 0.2) is 0 Å². The predicted molar refractivity (Wildman–Crippen MR) is 49.3 cm³/mol. The van der Waals surface area contributed by atoms with Crippen molar-refractivity contribution in [2.24, 2.45) is 11.3 Å². The van der Waals surface area contributed by atoms with E-state index in [1.807, 2.05) is 4.90 Å². The standard InChI is InChI=1S/C10H17NO2/c1-3-10(6-13-7-10)9(12)11-4-8(2)5-11/h8H,3-7H2,1-2H3. The highest BCUT2D eigenvalue weighted by molar-refractivity contribution is 5.84. The Hall–Kier alpha value is -0.570. The lowest BCUT2D eigenvalue weighted by atomic mass is 9.80. The van der Waals surface area contributed by atoms with Crippen LogP contribution in [0.1, 0.15) is 20.3 Å². The van der Waals surface area contributed by atoms with Gasteiger partial charge < -0.3 is 9.64 Å². The molecule has 1 amide bonds. The fraction of sp³-hybridized carbons (Fsp3) is 0.900. The van der Waals surface area contributed by atoms with Gasteiger partial charge >= 0.3 is 0 Å². The highest BCUT2D eigenvalue weighted by Gasteiger charge is 2.48. The number of carbonyl (C=O) groups excluding carboxylic acids is 1. The van der Waals surface area contributed by atoms with Gasteiger partial charge in [-0.2, -0.15) is 0 Å². The van der Waals surface area contributed by atoms with E-state index >= 15 is 0 Å². The molecule has 3 heteroatoms. The van der Waals surface area contributed by atoms with E-state index in [-0.39, 0.29) is 5.41 Å². The number of rotatable bonds is 2. The van der Waals surface area contributed by atoms with Crippen LogP contribution in [0.2, 0.25) is 0 Å². The Morgan fingerprint density at radius 1 is 1.54 bits per heavy atom. The molecule has 0 atom stereocenters. The Morgan fingerprint density at radius 3 is 2.46 bits per heavy atom. The molecular weight excluding hydrogens is 166 g/mol. The van der Waals surface area contributed by atoms with Gasteiger partial charge in [0.15, 0.2) is 0 Å². The van der Waals surface area contributed by atoms with Gasteiger partial charge in [-0.3, -0.25) is 4.79 Å². The van der Waals surface area contributed by atoms with Crippen molar-refractivity contribution >= 4 is 5.91 Å². The van der Waals surface area contributed by atoms with Crippen LogP contribution >= 0.6 is 0 Å². The summed E-state index contributed by atoms with van der Waals surface area (Å²) in [5, 5.41) is 0. The second kappa shape index (κ2) is 2.98. The van der Waals surface area contributed by atoms with Gasteiger partial charge in [-0.05, 0) is 12.3 Å². The van der Waals surface area contributed by atoms with Gasteiger partial charge in [0.1, 0.15) is 0 Å². The molecule has 0 spiro atoms. The zero-order chi connectivity index (χ0) is 9.47. The summed E-state index contributed by atoms with van der Waals surface area (Å²) in [5.74, 6) is 1.01. The number of amides is 1. The third-order valence-corrected chi connectivity index (χ3v) is 3.24. The van der Waals surface area contributed by atoms with Crippen molar-refractivity contribution in [3.8, 4) is 0 Å². The van der Waals surface area contributed by atoms with E-state index in [0.717, 1.165) is 19.5 Å². The van der Waals surface area contributed by atoms with E-state index < -0.39 is 0 Å². The minimum absolute atomic E-state index is 0.153. The van der Waals surface area contributed by atoms with Crippen molar-refractivity contribution in [2.45, 2.75) is 20.3 Å². The average Bonchev–Trinajstić information content (AvgIpc) is 1.97. The molecule has 0 aliphatic carbocycles. The van der Waals surface area contributed by atoms with Crippen molar-refractivity contribution in [1.29, 1.82) is 0 Å². The maximum absolute atomic E-state index is 12.0. The maximum atomic E-state index is 12.0.